The van der Waals surface area contributed by atoms with Crippen molar-refractivity contribution in [3.8, 4) is 5.75 Å². The minimum atomic E-state index is -0.679. The van der Waals surface area contributed by atoms with Crippen LogP contribution in [0.3, 0.4) is 0 Å². The Kier molecular flexibility index (Phi) is 4.47. The monoisotopic (exact) mass is 313 g/mol. The Labute approximate surface area is 125 Å². The molecule has 0 unspecified atom stereocenters. The molecule has 6 heteroatoms. The summed E-state index contributed by atoms with van der Waals surface area (Å²) in [4.78, 5) is 11.3. The molecule has 0 atom stereocenters. The van der Waals surface area contributed by atoms with E-state index in [2.05, 4.69) is 0 Å². The Bertz CT molecular complexity index is 641. The molecule has 0 spiro atoms. The van der Waals surface area contributed by atoms with Crippen LogP contribution in [-0.2, 0) is 6.61 Å². The van der Waals surface area contributed by atoms with E-state index in [0.717, 1.165) is 0 Å². The highest BCUT2D eigenvalue weighted by molar-refractivity contribution is 6.31. The standard InChI is InChI=1S/C14H10Cl2FNO2/c15-8-4-5-13(9(6-8)14(18)19)20-7-10-11(16)2-1-3-12(10)17/h1-6H,7H2,(H2,18,19). The number of amides is 1. The first-order chi connectivity index (χ1) is 9.49. The fourth-order valence-corrected chi connectivity index (χ4v) is 2.03. The van der Waals surface area contributed by atoms with Gasteiger partial charge in [0.2, 0.25) is 0 Å². The molecular formula is C14H10Cl2FNO2. The van der Waals surface area contributed by atoms with E-state index in [1.807, 2.05) is 0 Å². The van der Waals surface area contributed by atoms with E-state index in [0.29, 0.717) is 5.02 Å². The van der Waals surface area contributed by atoms with Crippen molar-refractivity contribution in [2.24, 2.45) is 5.73 Å². The van der Waals surface area contributed by atoms with Gasteiger partial charge in [-0.05, 0) is 30.3 Å². The molecule has 0 saturated carbocycles. The Morgan fingerprint density at radius 3 is 2.65 bits per heavy atom. The average Bonchev–Trinajstić information content (AvgIpc) is 2.39. The van der Waals surface area contributed by atoms with Crippen LogP contribution in [0.5, 0.6) is 5.75 Å². The maximum Gasteiger partial charge on any atom is 0.252 e. The minimum Gasteiger partial charge on any atom is -0.488 e. The number of halogens is 3. The maximum absolute atomic E-state index is 13.6. The lowest BCUT2D eigenvalue weighted by Crippen LogP contribution is -2.13. The molecule has 0 aliphatic heterocycles. The number of primary amides is 1. The second kappa shape index (κ2) is 6.11. The number of carbonyl (C=O) groups excluding carboxylic acids is 1. The van der Waals surface area contributed by atoms with Crippen LogP contribution in [-0.4, -0.2) is 5.91 Å². The molecule has 2 aromatic carbocycles. The van der Waals surface area contributed by atoms with Gasteiger partial charge in [-0.2, -0.15) is 0 Å². The SMILES string of the molecule is NC(=O)c1cc(Cl)ccc1OCc1c(F)cccc1Cl. The fraction of sp³-hybridized carbons (Fsp3) is 0.0714. The van der Waals surface area contributed by atoms with E-state index in [9.17, 15) is 9.18 Å². The lowest BCUT2D eigenvalue weighted by atomic mass is 10.2. The zero-order chi connectivity index (χ0) is 14.7. The number of hydrogen-bond acceptors (Lipinski definition) is 2. The van der Waals surface area contributed by atoms with E-state index >= 15 is 0 Å². The van der Waals surface area contributed by atoms with Gasteiger partial charge in [-0.3, -0.25) is 4.79 Å². The molecule has 0 aliphatic carbocycles. The third-order valence-corrected chi connectivity index (χ3v) is 3.23. The first kappa shape index (κ1) is 14.6. The number of carbonyl (C=O) groups is 1. The normalized spacial score (nSPS) is 10.3. The molecule has 1 amide bonds. The molecule has 2 N–H and O–H groups in total. The molecule has 0 saturated heterocycles. The summed E-state index contributed by atoms with van der Waals surface area (Å²) >= 11 is 11.7. The highest BCUT2D eigenvalue weighted by Crippen LogP contribution is 2.25. The summed E-state index contributed by atoms with van der Waals surface area (Å²) < 4.78 is 19.0. The van der Waals surface area contributed by atoms with E-state index in [1.165, 1.54) is 24.3 Å². The summed E-state index contributed by atoms with van der Waals surface area (Å²) in [5.41, 5.74) is 5.57. The molecule has 0 fully saturated rings. The van der Waals surface area contributed by atoms with Crippen molar-refractivity contribution in [1.29, 1.82) is 0 Å². The molecule has 3 nitrogen and oxygen atoms in total. The zero-order valence-corrected chi connectivity index (χ0v) is 11.7. The molecular weight excluding hydrogens is 304 g/mol. The first-order valence-corrected chi connectivity index (χ1v) is 6.39. The summed E-state index contributed by atoms with van der Waals surface area (Å²) in [6.45, 7) is -0.118. The van der Waals surface area contributed by atoms with Crippen molar-refractivity contribution < 1.29 is 13.9 Å². The topological polar surface area (TPSA) is 52.3 Å². The number of benzene rings is 2. The average molecular weight is 314 g/mol. The van der Waals surface area contributed by atoms with Gasteiger partial charge in [0.15, 0.2) is 0 Å². The molecule has 2 rings (SSSR count). The highest BCUT2D eigenvalue weighted by Gasteiger charge is 2.13. The Balaban J connectivity index is 2.25. The molecule has 0 heterocycles. The largest absolute Gasteiger partial charge is 0.488 e. The van der Waals surface area contributed by atoms with Gasteiger partial charge in [0.25, 0.3) is 5.91 Å². The van der Waals surface area contributed by atoms with Crippen molar-refractivity contribution in [1.82, 2.24) is 0 Å². The second-order valence-electron chi connectivity index (χ2n) is 3.99. The Morgan fingerprint density at radius 2 is 2.00 bits per heavy atom. The van der Waals surface area contributed by atoms with Crippen molar-refractivity contribution in [3.05, 3.63) is 63.4 Å². The van der Waals surface area contributed by atoms with Crippen molar-refractivity contribution in [2.75, 3.05) is 0 Å². The highest BCUT2D eigenvalue weighted by atomic mass is 35.5. The van der Waals surface area contributed by atoms with Crippen LogP contribution >= 0.6 is 23.2 Å². The van der Waals surface area contributed by atoms with Crippen LogP contribution < -0.4 is 10.5 Å². The third-order valence-electron chi connectivity index (χ3n) is 2.64. The lowest BCUT2D eigenvalue weighted by molar-refractivity contribution is 0.0996. The smallest absolute Gasteiger partial charge is 0.252 e. The molecule has 20 heavy (non-hydrogen) atoms. The van der Waals surface area contributed by atoms with E-state index < -0.39 is 11.7 Å². The molecule has 0 aromatic heterocycles. The maximum atomic E-state index is 13.6. The molecule has 0 bridgehead atoms. The number of hydrogen-bond donors (Lipinski definition) is 1. The first-order valence-electron chi connectivity index (χ1n) is 5.64. The predicted molar refractivity (Wildman–Crippen MR) is 75.7 cm³/mol. The number of ether oxygens (including phenoxy) is 1. The molecule has 0 aliphatic rings. The van der Waals surface area contributed by atoms with Crippen LogP contribution in [0.2, 0.25) is 10.0 Å². The molecule has 2 aromatic rings. The van der Waals surface area contributed by atoms with Gasteiger partial charge in [0.05, 0.1) is 10.6 Å². The van der Waals surface area contributed by atoms with Crippen LogP contribution in [0, 0.1) is 5.82 Å². The number of rotatable bonds is 4. The summed E-state index contributed by atoms with van der Waals surface area (Å²) in [7, 11) is 0. The van der Waals surface area contributed by atoms with E-state index in [1.54, 1.807) is 12.1 Å². The van der Waals surface area contributed by atoms with Gasteiger partial charge in [-0.15, -0.1) is 0 Å². The Morgan fingerprint density at radius 1 is 1.25 bits per heavy atom. The summed E-state index contributed by atoms with van der Waals surface area (Å²) in [5, 5.41) is 0.606. The summed E-state index contributed by atoms with van der Waals surface area (Å²) in [5.74, 6) is -0.935. The van der Waals surface area contributed by atoms with Gasteiger partial charge in [0.1, 0.15) is 18.2 Å². The second-order valence-corrected chi connectivity index (χ2v) is 4.84. The van der Waals surface area contributed by atoms with Gasteiger partial charge >= 0.3 is 0 Å². The fourth-order valence-electron chi connectivity index (χ4n) is 1.64. The van der Waals surface area contributed by atoms with Crippen molar-refractivity contribution >= 4 is 29.1 Å². The summed E-state index contributed by atoms with van der Waals surface area (Å²) in [6.07, 6.45) is 0. The predicted octanol–water partition coefficient (Wildman–Crippen LogP) is 3.81. The molecule has 0 radical (unpaired) electrons. The zero-order valence-electron chi connectivity index (χ0n) is 10.2. The van der Waals surface area contributed by atoms with Gasteiger partial charge in [0, 0.05) is 10.6 Å². The quantitative estimate of drug-likeness (QED) is 0.933. The van der Waals surface area contributed by atoms with Gasteiger partial charge in [-0.25, -0.2) is 4.39 Å². The van der Waals surface area contributed by atoms with Gasteiger partial charge in [-0.1, -0.05) is 29.3 Å². The van der Waals surface area contributed by atoms with Gasteiger partial charge < -0.3 is 10.5 Å². The van der Waals surface area contributed by atoms with Crippen LogP contribution in [0.15, 0.2) is 36.4 Å². The third kappa shape index (κ3) is 3.21. The lowest BCUT2D eigenvalue weighted by Gasteiger charge is -2.11. The van der Waals surface area contributed by atoms with E-state index in [4.69, 9.17) is 33.7 Å². The van der Waals surface area contributed by atoms with Crippen molar-refractivity contribution in [2.45, 2.75) is 6.61 Å². The Hall–Kier alpha value is -1.78. The van der Waals surface area contributed by atoms with Crippen LogP contribution in [0.4, 0.5) is 4.39 Å². The number of nitrogens with two attached hydrogens (primary N) is 1. The van der Waals surface area contributed by atoms with Crippen molar-refractivity contribution in [3.63, 3.8) is 0 Å². The van der Waals surface area contributed by atoms with Crippen LogP contribution in [0.25, 0.3) is 0 Å². The summed E-state index contributed by atoms with van der Waals surface area (Å²) in [6, 6.07) is 8.77. The minimum absolute atomic E-state index is 0.118. The van der Waals surface area contributed by atoms with E-state index in [-0.39, 0.29) is 28.5 Å². The molecule has 104 valence electrons. The van der Waals surface area contributed by atoms with Crippen LogP contribution in [0.1, 0.15) is 15.9 Å².